The Kier molecular flexibility index (Phi) is 4.96. The van der Waals surface area contributed by atoms with Crippen molar-refractivity contribution in [2.24, 2.45) is 5.73 Å². The number of pyridine rings is 1. The maximum Gasteiger partial charge on any atom is 0.122 e. The number of hydrogen-bond donors (Lipinski definition) is 1. The molecule has 0 saturated carbocycles. The molecule has 0 atom stereocenters. The zero-order valence-corrected chi connectivity index (χ0v) is 8.40. The summed E-state index contributed by atoms with van der Waals surface area (Å²) in [6, 6.07) is 3.68. The Morgan fingerprint density at radius 3 is 3.00 bits per heavy atom. The molecule has 1 aromatic heterocycles. The van der Waals surface area contributed by atoms with E-state index in [4.69, 9.17) is 15.2 Å². The maximum absolute atomic E-state index is 5.48. The Bertz CT molecular complexity index is 266. The van der Waals surface area contributed by atoms with Gasteiger partial charge in [0, 0.05) is 38.9 Å². The van der Waals surface area contributed by atoms with Gasteiger partial charge in [0.2, 0.25) is 0 Å². The second kappa shape index (κ2) is 6.34. The molecule has 0 saturated heterocycles. The first-order chi connectivity index (χ1) is 6.86. The number of nitrogens with two attached hydrogens (primary N) is 1. The van der Waals surface area contributed by atoms with Gasteiger partial charge in [0.15, 0.2) is 0 Å². The predicted octanol–water partition coefficient (Wildman–Crippen LogP) is 0.956. The van der Waals surface area contributed by atoms with Crippen LogP contribution >= 0.6 is 0 Å². The molecule has 1 aromatic rings. The number of hydrogen-bond acceptors (Lipinski definition) is 4. The lowest BCUT2D eigenvalue weighted by molar-refractivity contribution is 0.172. The molecule has 1 heterocycles. The lowest BCUT2D eigenvalue weighted by Crippen LogP contribution is -2.03. The fourth-order valence-electron chi connectivity index (χ4n) is 1.05. The first kappa shape index (κ1) is 10.9. The third-order valence-electron chi connectivity index (χ3n) is 1.76. The van der Waals surface area contributed by atoms with Crippen LogP contribution in [0.2, 0.25) is 0 Å². The van der Waals surface area contributed by atoms with Gasteiger partial charge in [0.25, 0.3) is 0 Å². The zero-order valence-electron chi connectivity index (χ0n) is 8.40. The predicted molar refractivity (Wildman–Crippen MR) is 54.1 cm³/mol. The summed E-state index contributed by atoms with van der Waals surface area (Å²) < 4.78 is 10.4. The van der Waals surface area contributed by atoms with Crippen LogP contribution < -0.4 is 10.5 Å². The first-order valence-electron chi connectivity index (χ1n) is 4.63. The van der Waals surface area contributed by atoms with Gasteiger partial charge in [-0.1, -0.05) is 0 Å². The highest BCUT2D eigenvalue weighted by molar-refractivity contribution is 5.22. The topological polar surface area (TPSA) is 57.4 Å². The van der Waals surface area contributed by atoms with Gasteiger partial charge >= 0.3 is 0 Å². The highest BCUT2D eigenvalue weighted by atomic mass is 16.5. The Hall–Kier alpha value is -1.13. The van der Waals surface area contributed by atoms with Crippen molar-refractivity contribution in [1.82, 2.24) is 4.98 Å². The third-order valence-corrected chi connectivity index (χ3v) is 1.76. The van der Waals surface area contributed by atoms with Crippen LogP contribution in [0.5, 0.6) is 5.75 Å². The van der Waals surface area contributed by atoms with E-state index in [-0.39, 0.29) is 0 Å². The van der Waals surface area contributed by atoms with E-state index in [1.807, 2.05) is 12.1 Å². The average molecular weight is 196 g/mol. The molecular formula is C10H16N2O2. The van der Waals surface area contributed by atoms with Crippen molar-refractivity contribution in [1.29, 1.82) is 0 Å². The molecule has 0 aliphatic rings. The number of ether oxygens (including phenoxy) is 2. The van der Waals surface area contributed by atoms with Crippen molar-refractivity contribution in [3.63, 3.8) is 0 Å². The van der Waals surface area contributed by atoms with E-state index in [1.54, 1.807) is 13.3 Å². The summed E-state index contributed by atoms with van der Waals surface area (Å²) in [4.78, 5) is 4.07. The molecule has 0 fully saturated rings. The summed E-state index contributed by atoms with van der Waals surface area (Å²) in [6.45, 7) is 1.81. The van der Waals surface area contributed by atoms with E-state index in [0.717, 1.165) is 24.5 Å². The van der Waals surface area contributed by atoms with Gasteiger partial charge in [-0.05, 0) is 6.07 Å². The van der Waals surface area contributed by atoms with Crippen LogP contribution in [0.1, 0.15) is 12.1 Å². The molecule has 0 unspecified atom stereocenters. The van der Waals surface area contributed by atoms with Gasteiger partial charge in [-0.2, -0.15) is 0 Å². The first-order valence-corrected chi connectivity index (χ1v) is 4.63. The number of aromatic nitrogens is 1. The zero-order chi connectivity index (χ0) is 10.2. The Morgan fingerprint density at radius 2 is 2.29 bits per heavy atom. The lowest BCUT2D eigenvalue weighted by Gasteiger charge is -2.06. The molecule has 0 aliphatic carbocycles. The quantitative estimate of drug-likeness (QED) is 0.688. The molecule has 0 aliphatic heterocycles. The third kappa shape index (κ3) is 3.72. The van der Waals surface area contributed by atoms with Crippen LogP contribution in [0.4, 0.5) is 0 Å². The smallest absolute Gasteiger partial charge is 0.122 e. The second-order valence-corrected chi connectivity index (χ2v) is 2.88. The minimum atomic E-state index is 0.440. The van der Waals surface area contributed by atoms with Crippen molar-refractivity contribution < 1.29 is 9.47 Å². The fourth-order valence-corrected chi connectivity index (χ4v) is 1.05. The van der Waals surface area contributed by atoms with E-state index in [0.29, 0.717) is 13.2 Å². The standard InChI is InChI=1S/C10H16N2O2/c1-13-5-2-6-14-10-3-4-12-9(7-10)8-11/h3-4,7H,2,5-6,8,11H2,1H3. The largest absolute Gasteiger partial charge is 0.493 e. The molecule has 0 spiro atoms. The summed E-state index contributed by atoms with van der Waals surface area (Å²) in [7, 11) is 1.68. The van der Waals surface area contributed by atoms with Gasteiger partial charge < -0.3 is 15.2 Å². The average Bonchev–Trinajstić information content (AvgIpc) is 2.25. The van der Waals surface area contributed by atoms with E-state index < -0.39 is 0 Å². The minimum absolute atomic E-state index is 0.440. The molecule has 0 aromatic carbocycles. The molecule has 14 heavy (non-hydrogen) atoms. The molecule has 78 valence electrons. The Balaban J connectivity index is 2.34. The summed E-state index contributed by atoms with van der Waals surface area (Å²) in [5.41, 5.74) is 6.30. The van der Waals surface area contributed by atoms with Crippen LogP contribution in [0.3, 0.4) is 0 Å². The molecule has 0 amide bonds. The van der Waals surface area contributed by atoms with Crippen molar-refractivity contribution in [3.8, 4) is 5.75 Å². The van der Waals surface area contributed by atoms with E-state index in [1.165, 1.54) is 0 Å². The summed E-state index contributed by atoms with van der Waals surface area (Å²) in [5.74, 6) is 0.816. The Labute approximate surface area is 84.0 Å². The molecular weight excluding hydrogens is 180 g/mol. The maximum atomic E-state index is 5.48. The highest BCUT2D eigenvalue weighted by Gasteiger charge is 1.96. The van der Waals surface area contributed by atoms with Crippen molar-refractivity contribution in [2.75, 3.05) is 20.3 Å². The summed E-state index contributed by atoms with van der Waals surface area (Å²) >= 11 is 0. The van der Waals surface area contributed by atoms with Crippen molar-refractivity contribution in [3.05, 3.63) is 24.0 Å². The molecule has 4 heteroatoms. The van der Waals surface area contributed by atoms with Gasteiger partial charge in [-0.25, -0.2) is 0 Å². The van der Waals surface area contributed by atoms with Crippen LogP contribution in [-0.4, -0.2) is 25.3 Å². The van der Waals surface area contributed by atoms with Gasteiger partial charge in [-0.15, -0.1) is 0 Å². The van der Waals surface area contributed by atoms with Crippen LogP contribution in [-0.2, 0) is 11.3 Å². The summed E-state index contributed by atoms with van der Waals surface area (Å²) in [6.07, 6.45) is 2.59. The monoisotopic (exact) mass is 196 g/mol. The number of nitrogens with zero attached hydrogens (tertiary/aromatic N) is 1. The van der Waals surface area contributed by atoms with Gasteiger partial charge in [-0.3, -0.25) is 4.98 Å². The molecule has 1 rings (SSSR count). The van der Waals surface area contributed by atoms with Crippen molar-refractivity contribution in [2.45, 2.75) is 13.0 Å². The van der Waals surface area contributed by atoms with E-state index in [9.17, 15) is 0 Å². The van der Waals surface area contributed by atoms with Crippen LogP contribution in [0, 0.1) is 0 Å². The highest BCUT2D eigenvalue weighted by Crippen LogP contribution is 2.10. The SMILES string of the molecule is COCCCOc1ccnc(CN)c1. The molecule has 0 radical (unpaired) electrons. The van der Waals surface area contributed by atoms with Crippen LogP contribution in [0.25, 0.3) is 0 Å². The molecule has 2 N–H and O–H groups in total. The van der Waals surface area contributed by atoms with Gasteiger partial charge in [0.05, 0.1) is 12.3 Å². The normalized spacial score (nSPS) is 10.1. The van der Waals surface area contributed by atoms with E-state index in [2.05, 4.69) is 4.98 Å². The van der Waals surface area contributed by atoms with Crippen LogP contribution in [0.15, 0.2) is 18.3 Å². The van der Waals surface area contributed by atoms with E-state index >= 15 is 0 Å². The number of methoxy groups -OCH3 is 1. The second-order valence-electron chi connectivity index (χ2n) is 2.88. The fraction of sp³-hybridized carbons (Fsp3) is 0.500. The van der Waals surface area contributed by atoms with Gasteiger partial charge in [0.1, 0.15) is 5.75 Å². The number of rotatable bonds is 6. The summed E-state index contributed by atoms with van der Waals surface area (Å²) in [5, 5.41) is 0. The minimum Gasteiger partial charge on any atom is -0.493 e. The lowest BCUT2D eigenvalue weighted by atomic mass is 10.3. The Morgan fingerprint density at radius 1 is 1.43 bits per heavy atom. The molecule has 0 bridgehead atoms. The van der Waals surface area contributed by atoms with Crippen molar-refractivity contribution >= 4 is 0 Å². The molecule has 4 nitrogen and oxygen atoms in total.